The van der Waals surface area contributed by atoms with E-state index in [1.807, 2.05) is 30.6 Å². The molecule has 1 aromatic rings. The smallest absolute Gasteiger partial charge is 0.228 e. The first-order chi connectivity index (χ1) is 11.1. The lowest BCUT2D eigenvalue weighted by Gasteiger charge is -2.41. The molecule has 2 heterocycles. The number of benzene rings is 1. The third-order valence-electron chi connectivity index (χ3n) is 4.92. The molecule has 2 amide bonds. The van der Waals surface area contributed by atoms with Gasteiger partial charge < -0.3 is 9.80 Å². The molecule has 1 aromatic carbocycles. The number of aryl methyl sites for hydroxylation is 1. The molecule has 124 valence electrons. The molecule has 2 aliphatic rings. The van der Waals surface area contributed by atoms with Crippen LogP contribution in [0, 0.1) is 12.8 Å². The minimum absolute atomic E-state index is 0.122. The van der Waals surface area contributed by atoms with Gasteiger partial charge in [-0.2, -0.15) is 11.8 Å². The number of amides is 2. The number of carbonyl (C=O) groups is 2. The molecule has 0 spiro atoms. The molecule has 3 rings (SSSR count). The molecule has 2 atom stereocenters. The molecular weight excluding hydrogens is 308 g/mol. The molecule has 0 bridgehead atoms. The van der Waals surface area contributed by atoms with Gasteiger partial charge >= 0.3 is 0 Å². The van der Waals surface area contributed by atoms with Crippen LogP contribution in [0.4, 0.5) is 0 Å². The molecule has 2 saturated heterocycles. The number of nitrogens with zero attached hydrogens (tertiary/aromatic N) is 2. The van der Waals surface area contributed by atoms with E-state index < -0.39 is 0 Å². The summed E-state index contributed by atoms with van der Waals surface area (Å²) in [7, 11) is 1.83. The monoisotopic (exact) mass is 332 g/mol. The van der Waals surface area contributed by atoms with Gasteiger partial charge in [-0.05, 0) is 18.9 Å². The molecule has 0 saturated carbocycles. The van der Waals surface area contributed by atoms with Crippen LogP contribution in [0.5, 0.6) is 0 Å². The Hall–Kier alpha value is -1.49. The van der Waals surface area contributed by atoms with Crippen molar-refractivity contribution in [3.8, 4) is 0 Å². The van der Waals surface area contributed by atoms with Gasteiger partial charge in [-0.1, -0.05) is 29.8 Å². The van der Waals surface area contributed by atoms with Gasteiger partial charge in [0.1, 0.15) is 0 Å². The highest BCUT2D eigenvalue weighted by Gasteiger charge is 2.40. The maximum absolute atomic E-state index is 13.0. The fraction of sp³-hybridized carbons (Fsp3) is 0.556. The van der Waals surface area contributed by atoms with Crippen LogP contribution in [0.2, 0.25) is 0 Å². The minimum atomic E-state index is -0.140. The van der Waals surface area contributed by atoms with Crippen molar-refractivity contribution < 1.29 is 9.59 Å². The zero-order valence-corrected chi connectivity index (χ0v) is 14.6. The fourth-order valence-corrected chi connectivity index (χ4v) is 4.44. The summed E-state index contributed by atoms with van der Waals surface area (Å²) in [5.41, 5.74) is 2.25. The number of likely N-dealkylation sites (tertiary alicyclic amines) is 1. The van der Waals surface area contributed by atoms with E-state index in [0.29, 0.717) is 12.8 Å². The number of rotatable bonds is 2. The van der Waals surface area contributed by atoms with Crippen LogP contribution in [-0.4, -0.2) is 53.3 Å². The highest BCUT2D eigenvalue weighted by molar-refractivity contribution is 7.99. The number of thioether (sulfide) groups is 1. The second kappa shape index (κ2) is 6.95. The predicted octanol–water partition coefficient (Wildman–Crippen LogP) is 2.48. The van der Waals surface area contributed by atoms with Gasteiger partial charge in [0.25, 0.3) is 0 Å². The summed E-state index contributed by atoms with van der Waals surface area (Å²) in [6.07, 6.45) is 1.13. The lowest BCUT2D eigenvalue weighted by atomic mass is 9.83. The Morgan fingerprint density at radius 3 is 2.48 bits per heavy atom. The van der Waals surface area contributed by atoms with Crippen molar-refractivity contribution >= 4 is 23.6 Å². The van der Waals surface area contributed by atoms with E-state index >= 15 is 0 Å². The summed E-state index contributed by atoms with van der Waals surface area (Å²) in [5.74, 6) is 2.26. The van der Waals surface area contributed by atoms with Crippen molar-refractivity contribution in [2.45, 2.75) is 25.8 Å². The maximum Gasteiger partial charge on any atom is 0.228 e. The largest absolute Gasteiger partial charge is 0.341 e. The van der Waals surface area contributed by atoms with Crippen molar-refractivity contribution in [3.05, 3.63) is 35.4 Å². The van der Waals surface area contributed by atoms with E-state index in [9.17, 15) is 9.59 Å². The summed E-state index contributed by atoms with van der Waals surface area (Å²) in [4.78, 5) is 29.0. The van der Waals surface area contributed by atoms with Crippen LogP contribution in [0.3, 0.4) is 0 Å². The SMILES string of the molecule is Cc1ccc(C2C(C(=O)N3CCSCC3)CCC(=O)N2C)cc1. The average Bonchev–Trinajstić information content (AvgIpc) is 2.58. The van der Waals surface area contributed by atoms with E-state index in [1.165, 1.54) is 5.56 Å². The van der Waals surface area contributed by atoms with Gasteiger partial charge in [-0.3, -0.25) is 9.59 Å². The van der Waals surface area contributed by atoms with Crippen LogP contribution < -0.4 is 0 Å². The molecule has 0 radical (unpaired) electrons. The van der Waals surface area contributed by atoms with E-state index in [2.05, 4.69) is 24.3 Å². The minimum Gasteiger partial charge on any atom is -0.341 e. The van der Waals surface area contributed by atoms with E-state index in [0.717, 1.165) is 30.2 Å². The Balaban J connectivity index is 1.87. The Labute approximate surface area is 142 Å². The summed E-state index contributed by atoms with van der Waals surface area (Å²) < 4.78 is 0. The average molecular weight is 332 g/mol. The summed E-state index contributed by atoms with van der Waals surface area (Å²) in [6, 6.07) is 8.09. The Morgan fingerprint density at radius 2 is 1.83 bits per heavy atom. The van der Waals surface area contributed by atoms with Crippen LogP contribution in [0.1, 0.15) is 30.0 Å². The molecule has 2 unspecified atom stereocenters. The molecule has 23 heavy (non-hydrogen) atoms. The van der Waals surface area contributed by atoms with Crippen LogP contribution in [0.25, 0.3) is 0 Å². The van der Waals surface area contributed by atoms with Crippen molar-refractivity contribution in [2.75, 3.05) is 31.6 Å². The van der Waals surface area contributed by atoms with Crippen molar-refractivity contribution in [1.29, 1.82) is 0 Å². The molecule has 4 nitrogen and oxygen atoms in total. The zero-order chi connectivity index (χ0) is 16.4. The molecule has 5 heteroatoms. The molecule has 0 aromatic heterocycles. The summed E-state index contributed by atoms with van der Waals surface area (Å²) in [6.45, 7) is 3.71. The van der Waals surface area contributed by atoms with Crippen molar-refractivity contribution in [3.63, 3.8) is 0 Å². The van der Waals surface area contributed by atoms with E-state index in [4.69, 9.17) is 0 Å². The Morgan fingerprint density at radius 1 is 1.17 bits per heavy atom. The van der Waals surface area contributed by atoms with E-state index in [-0.39, 0.29) is 23.8 Å². The lowest BCUT2D eigenvalue weighted by molar-refractivity contribution is -0.146. The molecular formula is C18H24N2O2S. The van der Waals surface area contributed by atoms with Gasteiger partial charge in [-0.25, -0.2) is 0 Å². The van der Waals surface area contributed by atoms with Gasteiger partial charge in [0.2, 0.25) is 11.8 Å². The van der Waals surface area contributed by atoms with E-state index in [1.54, 1.807) is 4.90 Å². The maximum atomic E-state index is 13.0. The summed E-state index contributed by atoms with van der Waals surface area (Å²) in [5, 5.41) is 0. The first kappa shape index (κ1) is 16.4. The van der Waals surface area contributed by atoms with Crippen LogP contribution >= 0.6 is 11.8 Å². The Bertz CT molecular complexity index is 581. The number of piperidine rings is 1. The Kier molecular flexibility index (Phi) is 4.95. The quantitative estimate of drug-likeness (QED) is 0.835. The highest BCUT2D eigenvalue weighted by atomic mass is 32.2. The zero-order valence-electron chi connectivity index (χ0n) is 13.8. The number of hydrogen-bond acceptors (Lipinski definition) is 3. The third kappa shape index (κ3) is 3.39. The standard InChI is InChI=1S/C18H24N2O2S/c1-13-3-5-14(6-4-13)17-15(7-8-16(21)19(17)2)18(22)20-9-11-23-12-10-20/h3-6,15,17H,7-12H2,1-2H3. The second-order valence-corrected chi connectivity index (χ2v) is 7.67. The third-order valence-corrected chi connectivity index (χ3v) is 5.86. The molecule has 2 aliphatic heterocycles. The van der Waals surface area contributed by atoms with Crippen molar-refractivity contribution in [1.82, 2.24) is 9.80 Å². The predicted molar refractivity (Wildman–Crippen MR) is 93.3 cm³/mol. The molecule has 0 aliphatic carbocycles. The normalized spacial score (nSPS) is 25.6. The second-order valence-electron chi connectivity index (χ2n) is 6.44. The topological polar surface area (TPSA) is 40.6 Å². The molecule has 2 fully saturated rings. The van der Waals surface area contributed by atoms with Crippen LogP contribution in [0.15, 0.2) is 24.3 Å². The number of hydrogen-bond donors (Lipinski definition) is 0. The van der Waals surface area contributed by atoms with Gasteiger partial charge in [-0.15, -0.1) is 0 Å². The first-order valence-corrected chi connectivity index (χ1v) is 9.42. The fourth-order valence-electron chi connectivity index (χ4n) is 3.53. The first-order valence-electron chi connectivity index (χ1n) is 8.26. The highest BCUT2D eigenvalue weighted by Crippen LogP contribution is 2.37. The molecule has 0 N–H and O–H groups in total. The lowest BCUT2D eigenvalue weighted by Crippen LogP contribution is -2.49. The van der Waals surface area contributed by atoms with Gasteiger partial charge in [0.05, 0.1) is 12.0 Å². The summed E-state index contributed by atoms with van der Waals surface area (Å²) >= 11 is 1.90. The van der Waals surface area contributed by atoms with Crippen molar-refractivity contribution in [2.24, 2.45) is 5.92 Å². The van der Waals surface area contributed by atoms with Crippen LogP contribution in [-0.2, 0) is 9.59 Å². The van der Waals surface area contributed by atoms with Gasteiger partial charge in [0.15, 0.2) is 0 Å². The van der Waals surface area contributed by atoms with Gasteiger partial charge in [0, 0.05) is 38.1 Å². The number of carbonyl (C=O) groups excluding carboxylic acids is 2.